The average Bonchev–Trinajstić information content (AvgIpc) is 3.19. The summed E-state index contributed by atoms with van der Waals surface area (Å²) in [5.41, 5.74) is 5.82. The molecular formula is C14H27N3O2. The predicted molar refractivity (Wildman–Crippen MR) is 75.1 cm³/mol. The second-order valence-corrected chi connectivity index (χ2v) is 6.39. The van der Waals surface area contributed by atoms with E-state index in [1.165, 1.54) is 19.3 Å². The van der Waals surface area contributed by atoms with Gasteiger partial charge < -0.3 is 21.4 Å². The largest absolute Gasteiger partial charge is 0.409 e. The number of hydrogen-bond donors (Lipinski definition) is 4. The summed E-state index contributed by atoms with van der Waals surface area (Å²) in [6, 6.07) is 0. The molecule has 2 aliphatic rings. The van der Waals surface area contributed by atoms with E-state index >= 15 is 0 Å². The van der Waals surface area contributed by atoms with Crippen molar-refractivity contribution in [1.29, 1.82) is 0 Å². The van der Waals surface area contributed by atoms with E-state index in [1.807, 2.05) is 0 Å². The van der Waals surface area contributed by atoms with Gasteiger partial charge in [-0.2, -0.15) is 0 Å². The molecule has 0 radical (unpaired) electrons. The topological polar surface area (TPSA) is 90.9 Å². The molecule has 0 aliphatic heterocycles. The number of aliphatic hydroxyl groups is 1. The molecule has 2 fully saturated rings. The van der Waals surface area contributed by atoms with Crippen LogP contribution in [-0.2, 0) is 0 Å². The highest BCUT2D eigenvalue weighted by atomic mass is 16.4. The van der Waals surface area contributed by atoms with Crippen LogP contribution in [0.25, 0.3) is 0 Å². The summed E-state index contributed by atoms with van der Waals surface area (Å²) in [5, 5.41) is 24.7. The number of rotatable bonds is 7. The minimum Gasteiger partial charge on any atom is -0.409 e. The molecule has 2 aliphatic carbocycles. The molecule has 19 heavy (non-hydrogen) atoms. The second kappa shape index (κ2) is 6.57. The minimum absolute atomic E-state index is 0.222. The van der Waals surface area contributed by atoms with Crippen molar-refractivity contribution in [3.63, 3.8) is 0 Å². The molecule has 0 aromatic rings. The molecule has 0 saturated heterocycles. The Bertz CT molecular complexity index is 316. The highest BCUT2D eigenvalue weighted by molar-refractivity contribution is 5.80. The number of nitrogens with one attached hydrogen (secondary N) is 1. The first-order chi connectivity index (χ1) is 9.19. The summed E-state index contributed by atoms with van der Waals surface area (Å²) in [4.78, 5) is 0. The van der Waals surface area contributed by atoms with Crippen LogP contribution in [0.2, 0.25) is 0 Å². The van der Waals surface area contributed by atoms with Gasteiger partial charge in [0.05, 0.1) is 0 Å². The van der Waals surface area contributed by atoms with Crippen molar-refractivity contribution in [2.75, 3.05) is 19.7 Å². The van der Waals surface area contributed by atoms with E-state index in [1.54, 1.807) is 0 Å². The molecule has 0 amide bonds. The van der Waals surface area contributed by atoms with Crippen LogP contribution >= 0.6 is 0 Å². The first kappa shape index (κ1) is 14.6. The lowest BCUT2D eigenvalue weighted by Gasteiger charge is -2.31. The van der Waals surface area contributed by atoms with Crippen molar-refractivity contribution in [2.45, 2.75) is 44.9 Å². The third-order valence-corrected chi connectivity index (χ3v) is 4.85. The molecule has 0 aromatic heterocycles. The van der Waals surface area contributed by atoms with Crippen molar-refractivity contribution >= 4 is 5.84 Å². The van der Waals surface area contributed by atoms with E-state index in [-0.39, 0.29) is 5.41 Å². The zero-order valence-electron chi connectivity index (χ0n) is 11.6. The molecular weight excluding hydrogens is 242 g/mol. The molecule has 2 rings (SSSR count). The lowest BCUT2D eigenvalue weighted by atomic mass is 9.79. The molecule has 5 nitrogen and oxygen atoms in total. The van der Waals surface area contributed by atoms with Crippen LogP contribution in [0.3, 0.4) is 0 Å². The van der Waals surface area contributed by atoms with Gasteiger partial charge in [-0.1, -0.05) is 18.0 Å². The highest BCUT2D eigenvalue weighted by Crippen LogP contribution is 2.48. The Kier molecular flexibility index (Phi) is 5.05. The number of nitrogens with zero attached hydrogens (tertiary/aromatic N) is 1. The Morgan fingerprint density at radius 1 is 1.26 bits per heavy atom. The van der Waals surface area contributed by atoms with Gasteiger partial charge >= 0.3 is 0 Å². The monoisotopic (exact) mass is 269 g/mol. The zero-order valence-corrected chi connectivity index (χ0v) is 11.6. The average molecular weight is 269 g/mol. The highest BCUT2D eigenvalue weighted by Gasteiger charge is 2.43. The summed E-state index contributed by atoms with van der Waals surface area (Å²) < 4.78 is 0. The lowest BCUT2D eigenvalue weighted by Crippen LogP contribution is -2.36. The molecule has 0 spiro atoms. The van der Waals surface area contributed by atoms with Crippen molar-refractivity contribution < 1.29 is 10.3 Å². The van der Waals surface area contributed by atoms with E-state index in [2.05, 4.69) is 10.5 Å². The Morgan fingerprint density at radius 3 is 2.53 bits per heavy atom. The third kappa shape index (κ3) is 4.08. The van der Waals surface area contributed by atoms with Crippen molar-refractivity contribution in [3.05, 3.63) is 0 Å². The summed E-state index contributed by atoms with van der Waals surface area (Å²) in [6.07, 6.45) is 7.94. The van der Waals surface area contributed by atoms with Gasteiger partial charge in [0.1, 0.15) is 5.84 Å². The molecule has 2 atom stereocenters. The molecule has 0 heterocycles. The lowest BCUT2D eigenvalue weighted by molar-refractivity contribution is 0.132. The first-order valence-corrected chi connectivity index (χ1v) is 7.47. The van der Waals surface area contributed by atoms with Crippen molar-refractivity contribution in [3.8, 4) is 0 Å². The summed E-state index contributed by atoms with van der Waals surface area (Å²) in [5.74, 6) is 1.42. The Hall–Kier alpha value is -0.810. The Balaban J connectivity index is 1.71. The van der Waals surface area contributed by atoms with Gasteiger partial charge in [-0.15, -0.1) is 0 Å². The van der Waals surface area contributed by atoms with Crippen molar-refractivity contribution in [2.24, 2.45) is 28.1 Å². The molecule has 0 aromatic carbocycles. The second-order valence-electron chi connectivity index (χ2n) is 6.39. The molecule has 2 saturated carbocycles. The fourth-order valence-electron chi connectivity index (χ4n) is 3.33. The summed E-state index contributed by atoms with van der Waals surface area (Å²) in [7, 11) is 0. The maximum Gasteiger partial charge on any atom is 0.139 e. The fraction of sp³-hybridized carbons (Fsp3) is 0.929. The summed E-state index contributed by atoms with van der Waals surface area (Å²) in [6.45, 7) is 2.25. The Labute approximate surface area is 115 Å². The number of hydrogen-bond acceptors (Lipinski definition) is 4. The SMILES string of the molecule is NC(CC1(CNCC2CCCCC2CO)CC1)=NO. The van der Waals surface area contributed by atoms with Crippen LogP contribution in [0.4, 0.5) is 0 Å². The first-order valence-electron chi connectivity index (χ1n) is 7.47. The molecule has 5 heteroatoms. The fourth-order valence-corrected chi connectivity index (χ4v) is 3.33. The van der Waals surface area contributed by atoms with Crippen LogP contribution in [0.15, 0.2) is 5.16 Å². The van der Waals surface area contributed by atoms with Gasteiger partial charge in [-0.05, 0) is 49.5 Å². The Morgan fingerprint density at radius 2 is 1.95 bits per heavy atom. The molecule has 110 valence electrons. The van der Waals surface area contributed by atoms with Gasteiger partial charge in [-0.25, -0.2) is 0 Å². The van der Waals surface area contributed by atoms with Crippen LogP contribution in [0.1, 0.15) is 44.9 Å². The van der Waals surface area contributed by atoms with Gasteiger partial charge in [0.25, 0.3) is 0 Å². The van der Waals surface area contributed by atoms with Crippen LogP contribution in [-0.4, -0.2) is 35.8 Å². The molecule has 0 bridgehead atoms. The molecule has 2 unspecified atom stereocenters. The zero-order chi connectivity index (χ0) is 13.7. The minimum atomic E-state index is 0.222. The van der Waals surface area contributed by atoms with Crippen LogP contribution in [0.5, 0.6) is 0 Å². The maximum atomic E-state index is 9.40. The van der Waals surface area contributed by atoms with E-state index < -0.39 is 0 Å². The van der Waals surface area contributed by atoms with E-state index in [9.17, 15) is 5.11 Å². The standard InChI is InChI=1S/C14H27N3O2/c15-13(17-19)7-14(5-6-14)10-16-8-11-3-1-2-4-12(11)9-18/h11-12,16,18-19H,1-10H2,(H2,15,17). The normalized spacial score (nSPS) is 30.3. The van der Waals surface area contributed by atoms with Crippen LogP contribution < -0.4 is 11.1 Å². The number of oxime groups is 1. The van der Waals surface area contributed by atoms with Gasteiger partial charge in [0.2, 0.25) is 0 Å². The predicted octanol–water partition coefficient (Wildman–Crippen LogP) is 1.29. The van der Waals surface area contributed by atoms with E-state index in [0.29, 0.717) is 30.7 Å². The third-order valence-electron chi connectivity index (χ3n) is 4.85. The van der Waals surface area contributed by atoms with Gasteiger partial charge in [0.15, 0.2) is 0 Å². The van der Waals surface area contributed by atoms with E-state index in [0.717, 1.165) is 32.4 Å². The van der Waals surface area contributed by atoms with Gasteiger partial charge in [-0.3, -0.25) is 0 Å². The van der Waals surface area contributed by atoms with Crippen molar-refractivity contribution in [1.82, 2.24) is 5.32 Å². The summed E-state index contributed by atoms with van der Waals surface area (Å²) >= 11 is 0. The number of nitrogens with two attached hydrogens (primary N) is 1. The quantitative estimate of drug-likeness (QED) is 0.243. The number of amidine groups is 1. The maximum absolute atomic E-state index is 9.40. The van der Waals surface area contributed by atoms with E-state index in [4.69, 9.17) is 10.9 Å². The smallest absolute Gasteiger partial charge is 0.139 e. The van der Waals surface area contributed by atoms with Gasteiger partial charge in [0, 0.05) is 19.6 Å². The van der Waals surface area contributed by atoms with Crippen LogP contribution in [0, 0.1) is 17.3 Å². The number of aliphatic hydroxyl groups excluding tert-OH is 1. The molecule has 5 N–H and O–H groups in total.